The Morgan fingerprint density at radius 3 is 2.55 bits per heavy atom. The molecule has 2 aliphatic rings. The van der Waals surface area contributed by atoms with Crippen LogP contribution in [0.15, 0.2) is 41.4 Å². The number of hydrogen-bond acceptors (Lipinski definition) is 4. The molecule has 1 fully saturated rings. The van der Waals surface area contributed by atoms with Crippen LogP contribution in [0.5, 0.6) is 11.5 Å². The van der Waals surface area contributed by atoms with E-state index in [2.05, 4.69) is 43.4 Å². The topological polar surface area (TPSA) is 78.1 Å². The zero-order chi connectivity index (χ0) is 19.6. The molecule has 0 bridgehead atoms. The fourth-order valence-electron chi connectivity index (χ4n) is 3.77. The van der Waals surface area contributed by atoms with Crippen molar-refractivity contribution in [1.29, 1.82) is 0 Å². The van der Waals surface area contributed by atoms with E-state index >= 15 is 0 Å². The highest BCUT2D eigenvalue weighted by atomic mass is 127. The van der Waals surface area contributed by atoms with E-state index in [0.717, 1.165) is 30.0 Å². The molecule has 0 spiro atoms. The molecule has 0 amide bonds. The molecule has 1 saturated heterocycles. The van der Waals surface area contributed by atoms with Crippen LogP contribution in [0.25, 0.3) is 0 Å². The van der Waals surface area contributed by atoms with Crippen LogP contribution >= 0.6 is 24.0 Å². The van der Waals surface area contributed by atoms with Crippen LogP contribution < -0.4 is 20.5 Å². The van der Waals surface area contributed by atoms with Gasteiger partial charge in [-0.15, -0.1) is 24.0 Å². The highest BCUT2D eigenvalue weighted by Gasteiger charge is 2.35. The summed E-state index contributed by atoms with van der Waals surface area (Å²) in [5.74, 6) is 2.02. The van der Waals surface area contributed by atoms with Gasteiger partial charge in [-0.1, -0.05) is 12.1 Å². The Labute approximate surface area is 188 Å². The van der Waals surface area contributed by atoms with Crippen LogP contribution in [0.3, 0.4) is 0 Å². The molecular weight excluding hydrogens is 481 g/mol. The summed E-state index contributed by atoms with van der Waals surface area (Å²) >= 11 is 0. The van der Waals surface area contributed by atoms with Gasteiger partial charge in [0.2, 0.25) is 6.79 Å². The van der Waals surface area contributed by atoms with E-state index in [-0.39, 0.29) is 36.2 Å². The van der Waals surface area contributed by atoms with Gasteiger partial charge in [0.15, 0.2) is 17.5 Å². The number of nitrogens with one attached hydrogen (secondary N) is 1. The normalized spacial score (nSPS) is 17.5. The van der Waals surface area contributed by atoms with E-state index in [1.54, 1.807) is 0 Å². The zero-order valence-electron chi connectivity index (χ0n) is 16.9. The number of ether oxygens (including phenoxy) is 3. The number of hydrogen-bond donors (Lipinski definition) is 2. The number of rotatable bonds is 4. The Kier molecular flexibility index (Phi) is 6.89. The summed E-state index contributed by atoms with van der Waals surface area (Å²) in [6, 6.07) is 12.4. The van der Waals surface area contributed by atoms with Gasteiger partial charge in [-0.05, 0) is 67.6 Å². The van der Waals surface area contributed by atoms with Crippen molar-refractivity contribution in [2.45, 2.75) is 32.1 Å². The predicted molar refractivity (Wildman–Crippen MR) is 126 cm³/mol. The van der Waals surface area contributed by atoms with Crippen LogP contribution in [-0.2, 0) is 10.2 Å². The predicted octanol–water partition coefficient (Wildman–Crippen LogP) is 4.13. The van der Waals surface area contributed by atoms with Gasteiger partial charge in [0.25, 0.3) is 0 Å². The Morgan fingerprint density at radius 1 is 1.03 bits per heavy atom. The van der Waals surface area contributed by atoms with Crippen molar-refractivity contribution >= 4 is 35.6 Å². The van der Waals surface area contributed by atoms with Crippen LogP contribution in [0, 0.1) is 13.8 Å². The fraction of sp³-hybridized carbons (Fsp3) is 0.409. The molecule has 6 nitrogen and oxygen atoms in total. The summed E-state index contributed by atoms with van der Waals surface area (Å²) in [7, 11) is 0. The molecule has 2 heterocycles. The largest absolute Gasteiger partial charge is 0.454 e. The third-order valence-corrected chi connectivity index (χ3v) is 5.77. The standard InChI is InChI=1S/C22H27N3O3.HI/c1-15-3-5-18(11-16(15)2)25-21(23)24-13-22(7-9-26-10-8-22)17-4-6-19-20(12-17)28-14-27-19;/h3-6,11-12H,7-10,13-14H2,1-2H3,(H3,23,24,25);1H. The number of guanidine groups is 1. The molecule has 2 aromatic rings. The summed E-state index contributed by atoms with van der Waals surface area (Å²) in [5, 5.41) is 3.21. The number of fused-ring (bicyclic) bond motifs is 1. The number of nitrogens with zero attached hydrogens (tertiary/aromatic N) is 1. The SMILES string of the molecule is Cc1ccc(NC(N)=NCC2(c3ccc4c(c3)OCO4)CCOCC2)cc1C.I. The van der Waals surface area contributed by atoms with Crippen LogP contribution in [-0.4, -0.2) is 32.5 Å². The maximum Gasteiger partial charge on any atom is 0.231 e. The molecule has 3 N–H and O–H groups in total. The average molecular weight is 509 g/mol. The monoisotopic (exact) mass is 509 g/mol. The maximum atomic E-state index is 6.20. The number of anilines is 1. The molecule has 156 valence electrons. The average Bonchev–Trinajstić information content (AvgIpc) is 3.18. The van der Waals surface area contributed by atoms with Gasteiger partial charge in [-0.3, -0.25) is 4.99 Å². The van der Waals surface area contributed by atoms with Crippen LogP contribution in [0.2, 0.25) is 0 Å². The molecule has 0 atom stereocenters. The summed E-state index contributed by atoms with van der Waals surface area (Å²) in [5.41, 5.74) is 10.7. The highest BCUT2D eigenvalue weighted by Crippen LogP contribution is 2.41. The van der Waals surface area contributed by atoms with Gasteiger partial charge < -0.3 is 25.3 Å². The van der Waals surface area contributed by atoms with Gasteiger partial charge >= 0.3 is 0 Å². The molecule has 7 heteroatoms. The molecule has 2 aromatic carbocycles. The van der Waals surface area contributed by atoms with Crippen molar-refractivity contribution in [2.75, 3.05) is 31.9 Å². The number of benzene rings is 2. The Morgan fingerprint density at radius 2 is 1.79 bits per heavy atom. The van der Waals surface area contributed by atoms with Crippen molar-refractivity contribution in [3.8, 4) is 11.5 Å². The Balaban J connectivity index is 0.00000240. The van der Waals surface area contributed by atoms with Crippen molar-refractivity contribution in [3.63, 3.8) is 0 Å². The lowest BCUT2D eigenvalue weighted by Gasteiger charge is -2.36. The lowest BCUT2D eigenvalue weighted by molar-refractivity contribution is 0.0531. The fourth-order valence-corrected chi connectivity index (χ4v) is 3.77. The van der Waals surface area contributed by atoms with E-state index < -0.39 is 0 Å². The van der Waals surface area contributed by atoms with E-state index in [4.69, 9.17) is 24.9 Å². The second kappa shape index (κ2) is 9.21. The first kappa shape index (κ1) is 21.7. The lowest BCUT2D eigenvalue weighted by Crippen LogP contribution is -2.38. The molecule has 2 aliphatic heterocycles. The minimum absolute atomic E-state index is 0. The van der Waals surface area contributed by atoms with Crippen molar-refractivity contribution in [3.05, 3.63) is 53.1 Å². The van der Waals surface area contributed by atoms with E-state index in [1.165, 1.54) is 16.7 Å². The number of halogens is 1. The van der Waals surface area contributed by atoms with Crippen molar-refractivity contribution in [2.24, 2.45) is 10.7 Å². The second-order valence-electron chi connectivity index (χ2n) is 7.59. The Hall–Kier alpha value is -2.00. The molecule has 0 saturated carbocycles. The summed E-state index contributed by atoms with van der Waals surface area (Å²) in [6.45, 7) is 6.49. The van der Waals surface area contributed by atoms with Crippen molar-refractivity contribution < 1.29 is 14.2 Å². The number of aryl methyl sites for hydroxylation is 2. The third kappa shape index (κ3) is 4.78. The highest BCUT2D eigenvalue weighted by molar-refractivity contribution is 14.0. The second-order valence-corrected chi connectivity index (χ2v) is 7.59. The van der Waals surface area contributed by atoms with E-state index in [1.807, 2.05) is 12.1 Å². The summed E-state index contributed by atoms with van der Waals surface area (Å²) in [4.78, 5) is 4.69. The molecule has 4 rings (SSSR count). The van der Waals surface area contributed by atoms with Crippen LogP contribution in [0.1, 0.15) is 29.5 Å². The first-order chi connectivity index (χ1) is 13.6. The molecule has 0 unspecified atom stereocenters. The zero-order valence-corrected chi connectivity index (χ0v) is 19.2. The number of aliphatic imine (C=N–C) groups is 1. The molecule has 0 radical (unpaired) electrons. The summed E-state index contributed by atoms with van der Waals surface area (Å²) in [6.07, 6.45) is 1.79. The smallest absolute Gasteiger partial charge is 0.231 e. The Bertz CT molecular complexity index is 895. The third-order valence-electron chi connectivity index (χ3n) is 5.77. The first-order valence-corrected chi connectivity index (χ1v) is 9.68. The summed E-state index contributed by atoms with van der Waals surface area (Å²) < 4.78 is 16.6. The maximum absolute atomic E-state index is 6.20. The van der Waals surface area contributed by atoms with Crippen molar-refractivity contribution in [1.82, 2.24) is 0 Å². The molecular formula is C22H28IN3O3. The van der Waals surface area contributed by atoms with Crippen LogP contribution in [0.4, 0.5) is 5.69 Å². The number of nitrogens with two attached hydrogens (primary N) is 1. The quantitative estimate of drug-likeness (QED) is 0.369. The van der Waals surface area contributed by atoms with E-state index in [0.29, 0.717) is 25.7 Å². The van der Waals surface area contributed by atoms with Gasteiger partial charge in [-0.25, -0.2) is 0 Å². The van der Waals surface area contributed by atoms with Gasteiger partial charge in [0.1, 0.15) is 0 Å². The lowest BCUT2D eigenvalue weighted by atomic mass is 9.74. The van der Waals surface area contributed by atoms with Gasteiger partial charge in [0, 0.05) is 24.3 Å². The first-order valence-electron chi connectivity index (χ1n) is 9.68. The molecule has 0 aromatic heterocycles. The van der Waals surface area contributed by atoms with Gasteiger partial charge in [-0.2, -0.15) is 0 Å². The minimum atomic E-state index is -0.116. The molecule has 0 aliphatic carbocycles. The molecule has 29 heavy (non-hydrogen) atoms. The van der Waals surface area contributed by atoms with Gasteiger partial charge in [0.05, 0.1) is 6.54 Å². The minimum Gasteiger partial charge on any atom is -0.454 e. The van der Waals surface area contributed by atoms with E-state index in [9.17, 15) is 0 Å².